The quantitative estimate of drug-likeness (QED) is 0.472. The maximum Gasteiger partial charge on any atom is 0.325 e. The van der Waals surface area contributed by atoms with Crippen molar-refractivity contribution >= 4 is 50.7 Å². The van der Waals surface area contributed by atoms with E-state index in [0.29, 0.717) is 15.3 Å². The molecule has 0 saturated heterocycles. The lowest BCUT2D eigenvalue weighted by Gasteiger charge is -1.95. The van der Waals surface area contributed by atoms with Crippen LogP contribution in [0.25, 0.3) is 10.1 Å². The number of fused-ring (bicyclic) bond motifs is 1. The van der Waals surface area contributed by atoms with Gasteiger partial charge < -0.3 is 0 Å². The molecule has 3 nitrogen and oxygen atoms in total. The second-order valence-corrected chi connectivity index (χ2v) is 4.57. The lowest BCUT2D eigenvalue weighted by atomic mass is 10.2. The topological polar surface area (TPSA) is 43.1 Å². The van der Waals surface area contributed by atoms with Crippen molar-refractivity contribution in [3.8, 4) is 0 Å². The van der Waals surface area contributed by atoms with E-state index >= 15 is 0 Å². The first-order valence-corrected chi connectivity index (χ1v) is 5.29. The van der Waals surface area contributed by atoms with E-state index in [1.807, 2.05) is 0 Å². The van der Waals surface area contributed by atoms with Gasteiger partial charge in [0.05, 0.1) is 9.95 Å². The molecule has 1 aromatic carbocycles. The van der Waals surface area contributed by atoms with Crippen LogP contribution in [0.1, 0.15) is 0 Å². The third kappa shape index (κ3) is 1.47. The summed E-state index contributed by atoms with van der Waals surface area (Å²) in [5, 5.41) is 11.8. The Morgan fingerprint density at radius 2 is 2.21 bits per heavy atom. The van der Waals surface area contributed by atoms with Crippen molar-refractivity contribution in [1.29, 1.82) is 0 Å². The van der Waals surface area contributed by atoms with Gasteiger partial charge in [0.1, 0.15) is 0 Å². The molecule has 0 aliphatic carbocycles. The molecule has 0 spiro atoms. The fraction of sp³-hybridized carbons (Fsp3) is 0. The molecule has 1 aromatic heterocycles. The number of hydrogen-bond acceptors (Lipinski definition) is 4. The van der Waals surface area contributed by atoms with Crippen LogP contribution in [0.4, 0.5) is 5.00 Å². The Morgan fingerprint density at radius 1 is 1.50 bits per heavy atom. The average Bonchev–Trinajstić information content (AvgIpc) is 2.56. The van der Waals surface area contributed by atoms with Crippen LogP contribution in [0.2, 0.25) is 5.02 Å². The van der Waals surface area contributed by atoms with Crippen molar-refractivity contribution in [2.24, 2.45) is 0 Å². The molecule has 0 aliphatic heterocycles. The maximum atomic E-state index is 10.5. The summed E-state index contributed by atoms with van der Waals surface area (Å²) in [6.07, 6.45) is 0. The van der Waals surface area contributed by atoms with Crippen molar-refractivity contribution in [2.45, 2.75) is 4.90 Å². The van der Waals surface area contributed by atoms with E-state index in [9.17, 15) is 10.1 Å². The molecule has 72 valence electrons. The minimum absolute atomic E-state index is 0.0980. The molecule has 0 aliphatic rings. The summed E-state index contributed by atoms with van der Waals surface area (Å²) in [6.45, 7) is 0. The first kappa shape index (κ1) is 9.76. The summed E-state index contributed by atoms with van der Waals surface area (Å²) in [6, 6.07) is 4.98. The van der Waals surface area contributed by atoms with Gasteiger partial charge in [0.2, 0.25) is 0 Å². The standard InChI is InChI=1S/C8H4ClNO2S2/c9-8-4-3-7(10(11)12)14-6(4)2-1-5(8)13/h1-3,13H. The molecule has 14 heavy (non-hydrogen) atoms. The Hall–Kier alpha value is -0.780. The van der Waals surface area contributed by atoms with Crippen molar-refractivity contribution in [3.05, 3.63) is 33.3 Å². The van der Waals surface area contributed by atoms with E-state index in [1.165, 1.54) is 6.07 Å². The zero-order chi connectivity index (χ0) is 10.3. The van der Waals surface area contributed by atoms with E-state index in [-0.39, 0.29) is 5.00 Å². The molecular formula is C8H4ClNO2S2. The van der Waals surface area contributed by atoms with Crippen LogP contribution < -0.4 is 0 Å². The van der Waals surface area contributed by atoms with Crippen LogP contribution in [0.5, 0.6) is 0 Å². The van der Waals surface area contributed by atoms with Crippen LogP contribution in [-0.4, -0.2) is 4.92 Å². The largest absolute Gasteiger partial charge is 0.325 e. The highest BCUT2D eigenvalue weighted by Crippen LogP contribution is 2.37. The monoisotopic (exact) mass is 245 g/mol. The van der Waals surface area contributed by atoms with E-state index < -0.39 is 4.92 Å². The smallest absolute Gasteiger partial charge is 0.258 e. The zero-order valence-electron chi connectivity index (χ0n) is 6.73. The van der Waals surface area contributed by atoms with Gasteiger partial charge in [-0.2, -0.15) is 0 Å². The van der Waals surface area contributed by atoms with Crippen molar-refractivity contribution in [2.75, 3.05) is 0 Å². The number of nitro groups is 1. The molecule has 0 atom stereocenters. The summed E-state index contributed by atoms with van der Waals surface area (Å²) < 4.78 is 0.805. The van der Waals surface area contributed by atoms with Crippen LogP contribution in [0, 0.1) is 10.1 Å². The van der Waals surface area contributed by atoms with Gasteiger partial charge in [0, 0.05) is 21.0 Å². The lowest BCUT2D eigenvalue weighted by Crippen LogP contribution is -1.80. The normalized spacial score (nSPS) is 10.7. The molecule has 0 amide bonds. The molecular weight excluding hydrogens is 242 g/mol. The molecule has 0 N–H and O–H groups in total. The molecule has 1 heterocycles. The van der Waals surface area contributed by atoms with Gasteiger partial charge >= 0.3 is 5.00 Å². The summed E-state index contributed by atoms with van der Waals surface area (Å²) in [4.78, 5) is 10.7. The van der Waals surface area contributed by atoms with Gasteiger partial charge in [-0.15, -0.1) is 12.6 Å². The fourth-order valence-corrected chi connectivity index (χ4v) is 2.50. The first-order valence-electron chi connectivity index (χ1n) is 3.65. The Balaban J connectivity index is 2.77. The van der Waals surface area contributed by atoms with Gasteiger partial charge in [-0.25, -0.2) is 0 Å². The Kier molecular flexibility index (Phi) is 2.38. The van der Waals surface area contributed by atoms with E-state index in [0.717, 1.165) is 16.0 Å². The summed E-state index contributed by atoms with van der Waals surface area (Å²) in [5.41, 5.74) is 0. The molecule has 0 saturated carbocycles. The molecule has 0 bridgehead atoms. The zero-order valence-corrected chi connectivity index (χ0v) is 9.20. The molecule has 0 fully saturated rings. The van der Waals surface area contributed by atoms with Crippen LogP contribution in [0.15, 0.2) is 23.1 Å². The SMILES string of the molecule is O=[N+]([O-])c1cc2c(Cl)c(S)ccc2s1. The van der Waals surface area contributed by atoms with Crippen molar-refractivity contribution in [3.63, 3.8) is 0 Å². The molecule has 6 heteroatoms. The fourth-order valence-electron chi connectivity index (χ4n) is 1.14. The second kappa shape index (κ2) is 3.42. The molecule has 2 rings (SSSR count). The predicted molar refractivity (Wildman–Crippen MR) is 60.7 cm³/mol. The van der Waals surface area contributed by atoms with Crippen molar-refractivity contribution in [1.82, 2.24) is 0 Å². The van der Waals surface area contributed by atoms with Gasteiger partial charge in [-0.05, 0) is 12.1 Å². The van der Waals surface area contributed by atoms with E-state index in [2.05, 4.69) is 12.6 Å². The van der Waals surface area contributed by atoms with E-state index in [4.69, 9.17) is 11.6 Å². The van der Waals surface area contributed by atoms with Gasteiger partial charge in [-0.1, -0.05) is 22.9 Å². The first-order chi connectivity index (χ1) is 6.59. The van der Waals surface area contributed by atoms with Gasteiger partial charge in [-0.3, -0.25) is 10.1 Å². The minimum Gasteiger partial charge on any atom is -0.258 e. The highest BCUT2D eigenvalue weighted by Gasteiger charge is 2.14. The highest BCUT2D eigenvalue weighted by atomic mass is 35.5. The third-order valence-electron chi connectivity index (χ3n) is 1.78. The highest BCUT2D eigenvalue weighted by molar-refractivity contribution is 7.80. The molecule has 0 unspecified atom stereocenters. The third-order valence-corrected chi connectivity index (χ3v) is 3.75. The number of benzene rings is 1. The van der Waals surface area contributed by atoms with Gasteiger partial charge in [0.25, 0.3) is 0 Å². The Bertz CT molecular complexity index is 523. The number of nitrogens with zero attached hydrogens (tertiary/aromatic N) is 1. The van der Waals surface area contributed by atoms with Crippen LogP contribution >= 0.6 is 35.6 Å². The summed E-state index contributed by atoms with van der Waals surface area (Å²) in [5.74, 6) is 0. The minimum atomic E-state index is -0.417. The molecule has 0 radical (unpaired) electrons. The van der Waals surface area contributed by atoms with Crippen LogP contribution in [-0.2, 0) is 0 Å². The predicted octanol–water partition coefficient (Wildman–Crippen LogP) is 3.75. The number of thiol groups is 1. The van der Waals surface area contributed by atoms with Gasteiger partial charge in [0.15, 0.2) is 0 Å². The number of thiophene rings is 1. The Labute approximate surface area is 93.9 Å². The Morgan fingerprint density at radius 3 is 2.86 bits per heavy atom. The summed E-state index contributed by atoms with van der Waals surface area (Å²) in [7, 11) is 0. The average molecular weight is 246 g/mol. The number of rotatable bonds is 1. The van der Waals surface area contributed by atoms with Crippen LogP contribution in [0.3, 0.4) is 0 Å². The van der Waals surface area contributed by atoms with E-state index in [1.54, 1.807) is 12.1 Å². The summed E-state index contributed by atoms with van der Waals surface area (Å²) >= 11 is 11.2. The maximum absolute atomic E-state index is 10.5. The molecule has 2 aromatic rings. The number of hydrogen-bond donors (Lipinski definition) is 1. The second-order valence-electron chi connectivity index (χ2n) is 2.65. The van der Waals surface area contributed by atoms with Crippen molar-refractivity contribution < 1.29 is 4.92 Å². The number of halogens is 1. The lowest BCUT2D eigenvalue weighted by molar-refractivity contribution is -0.380.